The first-order valence-electron chi connectivity index (χ1n) is 5.84. The van der Waals surface area contributed by atoms with Crippen molar-refractivity contribution in [2.45, 2.75) is 13.1 Å². The van der Waals surface area contributed by atoms with E-state index in [2.05, 4.69) is 4.98 Å². The second-order valence-electron chi connectivity index (χ2n) is 4.33. The lowest BCUT2D eigenvalue weighted by molar-refractivity contribution is -0.0790. The van der Waals surface area contributed by atoms with E-state index in [-0.39, 0.29) is 11.6 Å². The van der Waals surface area contributed by atoms with Gasteiger partial charge in [0.25, 0.3) is 0 Å². The molecule has 0 atom stereocenters. The molecule has 0 aliphatic carbocycles. The minimum absolute atomic E-state index is 0.00914. The highest BCUT2D eigenvalue weighted by Crippen LogP contribution is 2.23. The van der Waals surface area contributed by atoms with Gasteiger partial charge in [-0.3, -0.25) is 4.98 Å². The van der Waals surface area contributed by atoms with Crippen LogP contribution in [0.1, 0.15) is 11.1 Å². The highest BCUT2D eigenvalue weighted by Gasteiger charge is 2.22. The normalized spacial score (nSPS) is 12.1. The summed E-state index contributed by atoms with van der Waals surface area (Å²) in [4.78, 5) is 4.14. The summed E-state index contributed by atoms with van der Waals surface area (Å²) in [5.74, 6) is -0.717. The van der Waals surface area contributed by atoms with Gasteiger partial charge in [0.05, 0.1) is 5.69 Å². The van der Waals surface area contributed by atoms with Gasteiger partial charge in [-0.05, 0) is 30.7 Å². The third-order valence-electron chi connectivity index (χ3n) is 2.66. The van der Waals surface area contributed by atoms with Crippen molar-refractivity contribution in [3.63, 3.8) is 0 Å². The Morgan fingerprint density at radius 1 is 1.10 bits per heavy atom. The Bertz CT molecular complexity index is 627. The van der Waals surface area contributed by atoms with Crippen LogP contribution in [-0.2, 0) is 0 Å². The number of alkyl halides is 3. The lowest BCUT2D eigenvalue weighted by atomic mass is 10.1. The van der Waals surface area contributed by atoms with Crippen molar-refractivity contribution in [2.24, 2.45) is 0 Å². The van der Waals surface area contributed by atoms with E-state index >= 15 is 0 Å². The van der Waals surface area contributed by atoms with Crippen molar-refractivity contribution in [1.82, 2.24) is 4.98 Å². The molecule has 0 N–H and O–H groups in total. The molecule has 0 saturated carbocycles. The molecule has 2 rings (SSSR count). The van der Waals surface area contributed by atoms with E-state index in [0.29, 0.717) is 17.3 Å². The van der Waals surface area contributed by atoms with Gasteiger partial charge in [0.1, 0.15) is 5.82 Å². The molecule has 1 aromatic heterocycles. The summed E-state index contributed by atoms with van der Waals surface area (Å²) in [6.07, 6.45) is -2.09. The molecule has 0 saturated heterocycles. The Morgan fingerprint density at radius 2 is 1.85 bits per heavy atom. The van der Waals surface area contributed by atoms with Gasteiger partial charge in [-0.25, -0.2) is 4.39 Å². The lowest BCUT2D eigenvalue weighted by Crippen LogP contribution is -2.00. The molecule has 0 bridgehead atoms. The lowest BCUT2D eigenvalue weighted by Gasteiger charge is -2.04. The molecule has 5 heteroatoms. The molecular formula is C15H11F4N. The van der Waals surface area contributed by atoms with Crippen LogP contribution in [0.4, 0.5) is 17.6 Å². The SMILES string of the molecule is Cc1ccc(-c2ccc(/C=C/C(F)(F)F)c(F)c2)nc1. The summed E-state index contributed by atoms with van der Waals surface area (Å²) < 4.78 is 49.9. The quantitative estimate of drug-likeness (QED) is 0.722. The van der Waals surface area contributed by atoms with E-state index in [1.807, 2.05) is 13.0 Å². The number of hydrogen-bond donors (Lipinski definition) is 0. The molecule has 0 aliphatic rings. The molecule has 20 heavy (non-hydrogen) atoms. The monoisotopic (exact) mass is 281 g/mol. The summed E-state index contributed by atoms with van der Waals surface area (Å²) >= 11 is 0. The topological polar surface area (TPSA) is 12.9 Å². The Morgan fingerprint density at radius 3 is 2.40 bits per heavy atom. The van der Waals surface area contributed by atoms with Crippen molar-refractivity contribution < 1.29 is 17.6 Å². The number of pyridine rings is 1. The van der Waals surface area contributed by atoms with Gasteiger partial charge in [-0.1, -0.05) is 18.2 Å². The highest BCUT2D eigenvalue weighted by atomic mass is 19.4. The van der Waals surface area contributed by atoms with E-state index in [0.717, 1.165) is 5.56 Å². The summed E-state index contributed by atoms with van der Waals surface area (Å²) in [7, 11) is 0. The highest BCUT2D eigenvalue weighted by molar-refractivity contribution is 5.63. The molecule has 0 spiro atoms. The van der Waals surface area contributed by atoms with Crippen LogP contribution in [0.15, 0.2) is 42.6 Å². The molecule has 1 nitrogen and oxygen atoms in total. The van der Waals surface area contributed by atoms with Crippen LogP contribution in [0.25, 0.3) is 17.3 Å². The van der Waals surface area contributed by atoms with E-state index in [4.69, 9.17) is 0 Å². The Kier molecular flexibility index (Phi) is 3.88. The predicted octanol–water partition coefficient (Wildman–Crippen LogP) is 4.77. The van der Waals surface area contributed by atoms with E-state index in [1.54, 1.807) is 12.3 Å². The number of aryl methyl sites for hydroxylation is 1. The number of allylic oxidation sites excluding steroid dienone is 1. The minimum atomic E-state index is -4.45. The molecular weight excluding hydrogens is 270 g/mol. The molecule has 1 aromatic carbocycles. The fourth-order valence-corrected chi connectivity index (χ4v) is 1.64. The fraction of sp³-hybridized carbons (Fsp3) is 0.133. The number of benzene rings is 1. The number of hydrogen-bond acceptors (Lipinski definition) is 1. The molecule has 0 radical (unpaired) electrons. The number of halogens is 4. The first kappa shape index (κ1) is 14.2. The Balaban J connectivity index is 2.30. The van der Waals surface area contributed by atoms with Gasteiger partial charge in [0, 0.05) is 23.4 Å². The van der Waals surface area contributed by atoms with Crippen LogP contribution in [0.5, 0.6) is 0 Å². The Hall–Kier alpha value is -2.17. The van der Waals surface area contributed by atoms with Crippen LogP contribution in [0.3, 0.4) is 0 Å². The first-order chi connectivity index (χ1) is 9.35. The van der Waals surface area contributed by atoms with Crippen LogP contribution >= 0.6 is 0 Å². The molecule has 1 heterocycles. The van der Waals surface area contributed by atoms with Gasteiger partial charge >= 0.3 is 6.18 Å². The van der Waals surface area contributed by atoms with Crippen molar-refractivity contribution in [3.05, 3.63) is 59.5 Å². The zero-order valence-electron chi connectivity index (χ0n) is 10.6. The summed E-state index contributed by atoms with van der Waals surface area (Å²) in [5, 5.41) is 0. The standard InChI is InChI=1S/C15H11F4N/c1-10-2-5-14(20-9-10)12-4-3-11(13(16)8-12)6-7-15(17,18)19/h2-9H,1H3/b7-6+. The fourth-order valence-electron chi connectivity index (χ4n) is 1.64. The number of rotatable bonds is 2. The zero-order valence-corrected chi connectivity index (χ0v) is 10.6. The van der Waals surface area contributed by atoms with Gasteiger partial charge in [0.2, 0.25) is 0 Å². The summed E-state index contributed by atoms with van der Waals surface area (Å²) in [5.41, 5.74) is 1.95. The second kappa shape index (κ2) is 5.45. The maximum atomic E-state index is 13.7. The summed E-state index contributed by atoms with van der Waals surface area (Å²) in [6.45, 7) is 1.88. The first-order valence-corrected chi connectivity index (χ1v) is 5.84. The average Bonchev–Trinajstić information content (AvgIpc) is 2.37. The van der Waals surface area contributed by atoms with Crippen molar-refractivity contribution in [1.29, 1.82) is 0 Å². The van der Waals surface area contributed by atoms with E-state index in [1.165, 1.54) is 18.2 Å². The van der Waals surface area contributed by atoms with Crippen molar-refractivity contribution >= 4 is 6.08 Å². The van der Waals surface area contributed by atoms with Gasteiger partial charge in [-0.2, -0.15) is 13.2 Å². The van der Waals surface area contributed by atoms with Crippen LogP contribution in [0, 0.1) is 12.7 Å². The summed E-state index contributed by atoms with van der Waals surface area (Å²) in [6, 6.07) is 7.58. The van der Waals surface area contributed by atoms with E-state index in [9.17, 15) is 17.6 Å². The van der Waals surface area contributed by atoms with Crippen LogP contribution in [0.2, 0.25) is 0 Å². The minimum Gasteiger partial charge on any atom is -0.256 e. The predicted molar refractivity (Wildman–Crippen MR) is 69.5 cm³/mol. The van der Waals surface area contributed by atoms with Crippen LogP contribution < -0.4 is 0 Å². The van der Waals surface area contributed by atoms with E-state index < -0.39 is 12.0 Å². The molecule has 0 amide bonds. The third kappa shape index (κ3) is 3.66. The number of aromatic nitrogens is 1. The maximum absolute atomic E-state index is 13.7. The largest absolute Gasteiger partial charge is 0.409 e. The van der Waals surface area contributed by atoms with Gasteiger partial charge in [0.15, 0.2) is 0 Å². The number of nitrogens with zero attached hydrogens (tertiary/aromatic N) is 1. The van der Waals surface area contributed by atoms with Gasteiger partial charge < -0.3 is 0 Å². The molecule has 2 aromatic rings. The van der Waals surface area contributed by atoms with Crippen molar-refractivity contribution in [3.8, 4) is 11.3 Å². The molecule has 0 aliphatic heterocycles. The zero-order chi connectivity index (χ0) is 14.8. The van der Waals surface area contributed by atoms with Crippen molar-refractivity contribution in [2.75, 3.05) is 0 Å². The van der Waals surface area contributed by atoms with Crippen LogP contribution in [-0.4, -0.2) is 11.2 Å². The average molecular weight is 281 g/mol. The smallest absolute Gasteiger partial charge is 0.256 e. The second-order valence-corrected chi connectivity index (χ2v) is 4.33. The van der Waals surface area contributed by atoms with Gasteiger partial charge in [-0.15, -0.1) is 0 Å². The third-order valence-corrected chi connectivity index (χ3v) is 2.66. The molecule has 104 valence electrons. The molecule has 0 fully saturated rings. The maximum Gasteiger partial charge on any atom is 0.409 e. The Labute approximate surface area is 113 Å². The molecule has 0 unspecified atom stereocenters.